The third-order valence-electron chi connectivity index (χ3n) is 3.14. The number of rotatable bonds is 5. The molecular formula is C12H16BFNO4. The van der Waals surface area contributed by atoms with Crippen molar-refractivity contribution in [2.24, 2.45) is 0 Å². The minimum atomic E-state index is -1.16. The highest BCUT2D eigenvalue weighted by Gasteiger charge is 2.36. The molecule has 1 N–H and O–H groups in total. The highest BCUT2D eigenvalue weighted by molar-refractivity contribution is 6.49. The van der Waals surface area contributed by atoms with Gasteiger partial charge in [0.2, 0.25) is 0 Å². The van der Waals surface area contributed by atoms with Gasteiger partial charge in [-0.25, -0.2) is 4.39 Å². The van der Waals surface area contributed by atoms with Crippen LogP contribution in [0.3, 0.4) is 0 Å². The fraction of sp³-hybridized carbons (Fsp3) is 0.500. The van der Waals surface area contributed by atoms with E-state index in [1.807, 2.05) is 0 Å². The van der Waals surface area contributed by atoms with E-state index in [4.69, 9.17) is 4.65 Å². The second kappa shape index (κ2) is 5.26. The minimum absolute atomic E-state index is 0.0160. The molecule has 0 fully saturated rings. The Morgan fingerprint density at radius 2 is 1.95 bits per heavy atom. The quantitative estimate of drug-likeness (QED) is 0.499. The van der Waals surface area contributed by atoms with E-state index in [9.17, 15) is 19.6 Å². The molecule has 0 saturated heterocycles. The predicted molar refractivity (Wildman–Crippen MR) is 69.9 cm³/mol. The van der Waals surface area contributed by atoms with Crippen molar-refractivity contribution in [2.45, 2.75) is 38.9 Å². The lowest BCUT2D eigenvalue weighted by Gasteiger charge is -2.37. The van der Waals surface area contributed by atoms with E-state index in [0.29, 0.717) is 0 Å². The van der Waals surface area contributed by atoms with Crippen molar-refractivity contribution >= 4 is 18.6 Å². The molecule has 0 bridgehead atoms. The fourth-order valence-electron chi connectivity index (χ4n) is 1.14. The second-order valence-corrected chi connectivity index (χ2v) is 5.27. The molecule has 0 amide bonds. The van der Waals surface area contributed by atoms with Gasteiger partial charge in [0.05, 0.1) is 16.1 Å². The van der Waals surface area contributed by atoms with E-state index in [2.05, 4.69) is 0 Å². The molecular weight excluding hydrogens is 252 g/mol. The Morgan fingerprint density at radius 3 is 2.42 bits per heavy atom. The summed E-state index contributed by atoms with van der Waals surface area (Å²) in [4.78, 5) is 10.2. The smallest absolute Gasteiger partial charge is 0.338 e. The van der Waals surface area contributed by atoms with Crippen LogP contribution in [0.25, 0.3) is 0 Å². The molecule has 1 rings (SSSR count). The largest absolute Gasteiger partial charge is 0.426 e. The summed E-state index contributed by atoms with van der Waals surface area (Å²) in [6.07, 6.45) is 0. The molecule has 1 aromatic carbocycles. The lowest BCUT2D eigenvalue weighted by molar-refractivity contribution is -0.383. The van der Waals surface area contributed by atoms with Crippen molar-refractivity contribution in [2.75, 3.05) is 0 Å². The average Bonchev–Trinajstić information content (AvgIpc) is 2.24. The van der Waals surface area contributed by atoms with Crippen LogP contribution in [0, 0.1) is 15.9 Å². The van der Waals surface area contributed by atoms with E-state index < -0.39 is 21.9 Å². The summed E-state index contributed by atoms with van der Waals surface area (Å²) >= 11 is 0. The van der Waals surface area contributed by atoms with Crippen molar-refractivity contribution in [3.8, 4) is 0 Å². The van der Waals surface area contributed by atoms with Crippen molar-refractivity contribution in [3.05, 3.63) is 34.1 Å². The van der Waals surface area contributed by atoms with Gasteiger partial charge in [-0.15, -0.1) is 0 Å². The van der Waals surface area contributed by atoms with E-state index in [0.717, 1.165) is 25.7 Å². The van der Waals surface area contributed by atoms with Gasteiger partial charge in [-0.2, -0.15) is 0 Å². The maximum atomic E-state index is 13.1. The van der Waals surface area contributed by atoms with Crippen molar-refractivity contribution in [1.82, 2.24) is 0 Å². The SMILES string of the molecule is CC(C)(O)C(C)(C)O[B]c1cc(F)ccc1[N+](=O)[O-]. The van der Waals surface area contributed by atoms with Crippen molar-refractivity contribution < 1.29 is 19.1 Å². The van der Waals surface area contributed by atoms with Gasteiger partial charge < -0.3 is 9.76 Å². The zero-order valence-corrected chi connectivity index (χ0v) is 11.3. The normalized spacial score (nSPS) is 12.3. The summed E-state index contributed by atoms with van der Waals surface area (Å²) in [7, 11) is 1.10. The Balaban J connectivity index is 2.95. The van der Waals surface area contributed by atoms with Crippen LogP contribution in [0.15, 0.2) is 18.2 Å². The first-order valence-electron chi connectivity index (χ1n) is 5.72. The summed E-state index contributed by atoms with van der Waals surface area (Å²) < 4.78 is 18.5. The topological polar surface area (TPSA) is 72.6 Å². The van der Waals surface area contributed by atoms with Gasteiger partial charge in [-0.05, 0) is 39.8 Å². The van der Waals surface area contributed by atoms with Gasteiger partial charge in [0.15, 0.2) is 0 Å². The van der Waals surface area contributed by atoms with Crippen LogP contribution < -0.4 is 5.46 Å². The third kappa shape index (κ3) is 3.75. The molecule has 1 radical (unpaired) electrons. The Bertz CT molecular complexity index is 485. The number of nitrogens with zero attached hydrogens (tertiary/aromatic N) is 1. The Morgan fingerprint density at radius 1 is 1.37 bits per heavy atom. The molecule has 0 atom stereocenters. The van der Waals surface area contributed by atoms with Crippen LogP contribution in [0.5, 0.6) is 0 Å². The third-order valence-corrected chi connectivity index (χ3v) is 3.14. The lowest BCUT2D eigenvalue weighted by Crippen LogP contribution is -2.49. The first kappa shape index (κ1) is 15.6. The van der Waals surface area contributed by atoms with E-state index >= 15 is 0 Å². The summed E-state index contributed by atoms with van der Waals surface area (Å²) in [6, 6.07) is 3.09. The van der Waals surface area contributed by atoms with E-state index in [1.54, 1.807) is 27.7 Å². The van der Waals surface area contributed by atoms with Crippen LogP contribution in [-0.2, 0) is 4.65 Å². The predicted octanol–water partition coefficient (Wildman–Crippen LogP) is 1.54. The highest BCUT2D eigenvalue weighted by atomic mass is 19.1. The van der Waals surface area contributed by atoms with Gasteiger partial charge in [0.25, 0.3) is 5.69 Å². The number of halogens is 1. The molecule has 0 aliphatic carbocycles. The minimum Gasteiger partial charge on any atom is -0.426 e. The maximum absolute atomic E-state index is 13.1. The second-order valence-electron chi connectivity index (χ2n) is 5.27. The van der Waals surface area contributed by atoms with Crippen LogP contribution >= 0.6 is 0 Å². The van der Waals surface area contributed by atoms with Crippen LogP contribution in [0.2, 0.25) is 0 Å². The number of hydrogen-bond acceptors (Lipinski definition) is 4. The first-order chi connectivity index (χ1) is 8.54. The molecule has 7 heteroatoms. The number of benzene rings is 1. The summed E-state index contributed by atoms with van der Waals surface area (Å²) in [6.45, 7) is 6.38. The molecule has 103 valence electrons. The highest BCUT2D eigenvalue weighted by Crippen LogP contribution is 2.24. The van der Waals surface area contributed by atoms with Gasteiger partial charge >= 0.3 is 7.48 Å². The molecule has 5 nitrogen and oxygen atoms in total. The van der Waals surface area contributed by atoms with Crippen molar-refractivity contribution in [1.29, 1.82) is 0 Å². The molecule has 0 spiro atoms. The van der Waals surface area contributed by atoms with E-state index in [1.165, 1.54) is 0 Å². The standard InChI is InChI=1S/C12H16BFNO4/c1-11(2,16)12(3,4)19-13-9-7-8(14)5-6-10(9)15(17)18/h5-7,16H,1-4H3. The van der Waals surface area contributed by atoms with Gasteiger partial charge in [0, 0.05) is 11.5 Å². The zero-order chi connectivity index (χ0) is 14.8. The Hall–Kier alpha value is -1.47. The van der Waals surface area contributed by atoms with Gasteiger partial charge in [-0.3, -0.25) is 10.1 Å². The molecule has 1 aromatic rings. The fourth-order valence-corrected chi connectivity index (χ4v) is 1.14. The van der Waals surface area contributed by atoms with Crippen molar-refractivity contribution in [3.63, 3.8) is 0 Å². The molecule has 0 saturated carbocycles. The van der Waals surface area contributed by atoms with Crippen LogP contribution in [0.1, 0.15) is 27.7 Å². The number of hydrogen-bond donors (Lipinski definition) is 1. The molecule has 0 unspecified atom stereocenters. The van der Waals surface area contributed by atoms with Gasteiger partial charge in [0.1, 0.15) is 5.82 Å². The summed E-state index contributed by atoms with van der Waals surface area (Å²) in [5, 5.41) is 20.7. The summed E-state index contributed by atoms with van der Waals surface area (Å²) in [5.41, 5.74) is -2.38. The lowest BCUT2D eigenvalue weighted by atomic mass is 9.82. The molecule has 0 aromatic heterocycles. The maximum Gasteiger partial charge on any atom is 0.338 e. The molecule has 0 aliphatic heterocycles. The summed E-state index contributed by atoms with van der Waals surface area (Å²) in [5.74, 6) is -0.596. The molecule has 0 aliphatic rings. The number of nitro groups is 1. The van der Waals surface area contributed by atoms with Gasteiger partial charge in [-0.1, -0.05) is 0 Å². The van der Waals surface area contributed by atoms with Crippen LogP contribution in [-0.4, -0.2) is 28.7 Å². The Kier molecular flexibility index (Phi) is 4.32. The monoisotopic (exact) mass is 268 g/mol. The molecule has 0 heterocycles. The number of nitro benzene ring substituents is 1. The average molecular weight is 268 g/mol. The Labute approximate surface area is 111 Å². The van der Waals surface area contributed by atoms with Crippen LogP contribution in [0.4, 0.5) is 10.1 Å². The number of aliphatic hydroxyl groups is 1. The zero-order valence-electron chi connectivity index (χ0n) is 11.3. The van der Waals surface area contributed by atoms with E-state index in [-0.39, 0.29) is 11.2 Å². The molecule has 19 heavy (non-hydrogen) atoms. The first-order valence-corrected chi connectivity index (χ1v) is 5.72.